The van der Waals surface area contributed by atoms with E-state index < -0.39 is 11.9 Å². The number of nitrogens with one attached hydrogen (secondary N) is 1. The Balaban J connectivity index is 1.84. The lowest BCUT2D eigenvalue weighted by Crippen LogP contribution is -2.39. The van der Waals surface area contributed by atoms with Crippen LogP contribution in [0.1, 0.15) is 22.5 Å². The predicted octanol–water partition coefficient (Wildman–Crippen LogP) is 2.48. The molecule has 11 heteroatoms. The van der Waals surface area contributed by atoms with Gasteiger partial charge in [0.15, 0.2) is 11.5 Å². The lowest BCUT2D eigenvalue weighted by molar-refractivity contribution is -0.142. The van der Waals surface area contributed by atoms with Gasteiger partial charge in [-0.05, 0) is 18.2 Å². The standard InChI is InChI=1S/C20H22ClF3N4O3/c1-25-18(30)11-27-6-5-16-15(10-27)19(20(22,23)24)26-28(16)9-14(29)8-12-7-13(21)3-4-17(12)31-2/h3-4,7H,5-6,8-11H2,1-2H3,(H,25,30). The molecular formula is C20H22ClF3N4O3. The van der Waals surface area contributed by atoms with Gasteiger partial charge in [0.25, 0.3) is 0 Å². The van der Waals surface area contributed by atoms with E-state index in [4.69, 9.17) is 16.3 Å². The molecule has 0 saturated carbocycles. The lowest BCUT2D eigenvalue weighted by atomic mass is 10.0. The molecule has 0 atom stereocenters. The molecule has 0 saturated heterocycles. The Morgan fingerprint density at radius 1 is 1.29 bits per heavy atom. The van der Waals surface area contributed by atoms with Crippen molar-refractivity contribution in [3.63, 3.8) is 0 Å². The van der Waals surface area contributed by atoms with Crippen LogP contribution in [0.25, 0.3) is 0 Å². The average molecular weight is 459 g/mol. The van der Waals surface area contributed by atoms with E-state index in [1.54, 1.807) is 23.1 Å². The molecule has 2 aromatic rings. The van der Waals surface area contributed by atoms with Gasteiger partial charge in [-0.15, -0.1) is 0 Å². The summed E-state index contributed by atoms with van der Waals surface area (Å²) in [5.41, 5.74) is -0.0891. The molecule has 0 unspecified atom stereocenters. The zero-order valence-corrected chi connectivity index (χ0v) is 17.8. The van der Waals surface area contributed by atoms with Gasteiger partial charge < -0.3 is 10.1 Å². The van der Waals surface area contributed by atoms with Crippen molar-refractivity contribution in [2.75, 3.05) is 27.2 Å². The summed E-state index contributed by atoms with van der Waals surface area (Å²) in [4.78, 5) is 25.9. The largest absolute Gasteiger partial charge is 0.496 e. The Hall–Kier alpha value is -2.59. The minimum absolute atomic E-state index is 0.00803. The second-order valence-corrected chi connectivity index (χ2v) is 7.67. The van der Waals surface area contributed by atoms with Gasteiger partial charge >= 0.3 is 6.18 Å². The highest BCUT2D eigenvalue weighted by atomic mass is 35.5. The van der Waals surface area contributed by atoms with Crippen LogP contribution in [0, 0.1) is 0 Å². The zero-order chi connectivity index (χ0) is 22.8. The number of ether oxygens (including phenoxy) is 1. The van der Waals surface area contributed by atoms with E-state index in [1.165, 1.54) is 14.2 Å². The highest BCUT2D eigenvalue weighted by Gasteiger charge is 2.40. The molecule has 0 aliphatic carbocycles. The molecule has 1 aliphatic heterocycles. The van der Waals surface area contributed by atoms with E-state index in [9.17, 15) is 22.8 Å². The van der Waals surface area contributed by atoms with Gasteiger partial charge in [0.1, 0.15) is 12.3 Å². The van der Waals surface area contributed by atoms with Crippen molar-refractivity contribution in [1.29, 1.82) is 0 Å². The van der Waals surface area contributed by atoms with Crippen LogP contribution in [-0.2, 0) is 41.7 Å². The number of benzene rings is 1. The highest BCUT2D eigenvalue weighted by Crippen LogP contribution is 2.35. The molecule has 0 fully saturated rings. The Morgan fingerprint density at radius 2 is 2.03 bits per heavy atom. The van der Waals surface area contributed by atoms with Crippen molar-refractivity contribution in [1.82, 2.24) is 20.0 Å². The van der Waals surface area contributed by atoms with Crippen LogP contribution < -0.4 is 10.1 Å². The second kappa shape index (κ2) is 9.27. The summed E-state index contributed by atoms with van der Waals surface area (Å²) >= 11 is 5.98. The number of aromatic nitrogens is 2. The number of nitrogens with zero attached hydrogens (tertiary/aromatic N) is 3. The third-order valence-electron chi connectivity index (χ3n) is 5.08. The van der Waals surface area contributed by atoms with Gasteiger partial charge in [-0.3, -0.25) is 19.2 Å². The maximum absolute atomic E-state index is 13.6. The number of hydrogen-bond donors (Lipinski definition) is 1. The van der Waals surface area contributed by atoms with Gasteiger partial charge in [0.05, 0.1) is 13.7 Å². The number of carbonyl (C=O) groups excluding carboxylic acids is 2. The van der Waals surface area contributed by atoms with Crippen LogP contribution in [0.5, 0.6) is 5.75 Å². The van der Waals surface area contributed by atoms with E-state index in [0.29, 0.717) is 28.6 Å². The number of carbonyl (C=O) groups is 2. The number of likely N-dealkylation sites (N-methyl/N-ethyl adjacent to an activating group) is 1. The van der Waals surface area contributed by atoms with Crippen LogP contribution in [0.15, 0.2) is 18.2 Å². The summed E-state index contributed by atoms with van der Waals surface area (Å²) in [6.07, 6.45) is -4.46. The molecule has 7 nitrogen and oxygen atoms in total. The molecule has 3 rings (SSSR count). The quantitative estimate of drug-likeness (QED) is 0.690. The molecular weight excluding hydrogens is 437 g/mol. The van der Waals surface area contributed by atoms with Crippen molar-refractivity contribution >= 4 is 23.3 Å². The maximum atomic E-state index is 13.6. The van der Waals surface area contributed by atoms with Gasteiger partial charge in [0, 0.05) is 54.8 Å². The van der Waals surface area contributed by atoms with Crippen molar-refractivity contribution in [2.24, 2.45) is 0 Å². The van der Waals surface area contributed by atoms with Crippen LogP contribution >= 0.6 is 11.6 Å². The van der Waals surface area contributed by atoms with E-state index in [1.807, 2.05) is 0 Å². The molecule has 31 heavy (non-hydrogen) atoms. The summed E-state index contributed by atoms with van der Waals surface area (Å²) in [6, 6.07) is 4.84. The number of ketones is 1. The number of Topliss-reactive ketones (excluding diaryl/α,β-unsaturated/α-hetero) is 1. The van der Waals surface area contributed by atoms with Crippen molar-refractivity contribution in [3.05, 3.63) is 45.7 Å². The molecule has 1 aliphatic rings. The lowest BCUT2D eigenvalue weighted by Gasteiger charge is -2.27. The number of fused-ring (bicyclic) bond motifs is 1. The summed E-state index contributed by atoms with van der Waals surface area (Å²) < 4.78 is 47.1. The fourth-order valence-corrected chi connectivity index (χ4v) is 3.84. The van der Waals surface area contributed by atoms with Crippen molar-refractivity contribution < 1.29 is 27.5 Å². The molecule has 0 bridgehead atoms. The Kier molecular flexibility index (Phi) is 6.90. The van der Waals surface area contributed by atoms with Gasteiger partial charge in [0.2, 0.25) is 5.91 Å². The second-order valence-electron chi connectivity index (χ2n) is 7.23. The SMILES string of the molecule is CNC(=O)CN1CCc2c(c(C(F)(F)F)nn2CC(=O)Cc2cc(Cl)ccc2OC)C1. The minimum atomic E-state index is -4.66. The molecule has 1 amide bonds. The minimum Gasteiger partial charge on any atom is -0.496 e. The first-order valence-electron chi connectivity index (χ1n) is 9.55. The highest BCUT2D eigenvalue weighted by molar-refractivity contribution is 6.30. The predicted molar refractivity (Wildman–Crippen MR) is 107 cm³/mol. The summed E-state index contributed by atoms with van der Waals surface area (Å²) in [5.74, 6) is -0.136. The number of alkyl halides is 3. The molecule has 1 aromatic carbocycles. The molecule has 0 radical (unpaired) electrons. The molecule has 0 spiro atoms. The maximum Gasteiger partial charge on any atom is 0.435 e. The van der Waals surface area contributed by atoms with Gasteiger partial charge in [-0.1, -0.05) is 11.6 Å². The monoisotopic (exact) mass is 458 g/mol. The van der Waals surface area contributed by atoms with Crippen LogP contribution in [0.3, 0.4) is 0 Å². The van der Waals surface area contributed by atoms with Crippen LogP contribution in [-0.4, -0.2) is 53.6 Å². The van der Waals surface area contributed by atoms with E-state index in [0.717, 1.165) is 4.68 Å². The summed E-state index contributed by atoms with van der Waals surface area (Å²) in [6.45, 7) is 0.0169. The first kappa shape index (κ1) is 23.1. The van der Waals surface area contributed by atoms with E-state index in [-0.39, 0.29) is 49.7 Å². The van der Waals surface area contributed by atoms with Crippen LogP contribution in [0.4, 0.5) is 13.2 Å². The van der Waals surface area contributed by atoms with Crippen molar-refractivity contribution in [3.8, 4) is 5.75 Å². The molecule has 2 heterocycles. The number of halogens is 4. The molecule has 1 N–H and O–H groups in total. The van der Waals surface area contributed by atoms with E-state index in [2.05, 4.69) is 10.4 Å². The number of hydrogen-bond acceptors (Lipinski definition) is 5. The molecule has 1 aromatic heterocycles. The average Bonchev–Trinajstić information content (AvgIpc) is 3.06. The fourth-order valence-electron chi connectivity index (χ4n) is 3.64. The van der Waals surface area contributed by atoms with Crippen molar-refractivity contribution in [2.45, 2.75) is 32.1 Å². The topological polar surface area (TPSA) is 76.5 Å². The Morgan fingerprint density at radius 3 is 2.68 bits per heavy atom. The summed E-state index contributed by atoms with van der Waals surface area (Å²) in [7, 11) is 2.93. The normalized spacial score (nSPS) is 14.3. The summed E-state index contributed by atoms with van der Waals surface area (Å²) in [5, 5.41) is 6.61. The zero-order valence-electron chi connectivity index (χ0n) is 17.1. The third kappa shape index (κ3) is 5.37. The Labute approximate surface area is 182 Å². The third-order valence-corrected chi connectivity index (χ3v) is 5.32. The van der Waals surface area contributed by atoms with Gasteiger partial charge in [-0.25, -0.2) is 0 Å². The van der Waals surface area contributed by atoms with Gasteiger partial charge in [-0.2, -0.15) is 18.3 Å². The fraction of sp³-hybridized carbons (Fsp3) is 0.450. The van der Waals surface area contributed by atoms with E-state index >= 15 is 0 Å². The first-order valence-corrected chi connectivity index (χ1v) is 9.93. The number of rotatable bonds is 7. The number of methoxy groups -OCH3 is 1. The smallest absolute Gasteiger partial charge is 0.435 e. The Bertz CT molecular complexity index is 991. The van der Waals surface area contributed by atoms with Crippen LogP contribution in [0.2, 0.25) is 5.02 Å². The molecule has 168 valence electrons. The number of amides is 1. The first-order chi connectivity index (χ1) is 14.6.